The third kappa shape index (κ3) is 5.30. The Labute approximate surface area is 166 Å². The summed E-state index contributed by atoms with van der Waals surface area (Å²) in [5, 5.41) is 10.9. The predicted octanol–water partition coefficient (Wildman–Crippen LogP) is 2.63. The lowest BCUT2D eigenvalue weighted by Crippen LogP contribution is -2.47. The first-order valence-corrected chi connectivity index (χ1v) is 9.62. The standard InChI is InChI=1S/C22H30N2O4/c1-5-8-9-17(6-2)18-14-20(25)24(15-19(18)21(26)28-7-3)16-22(27)10-12-23(4)13-11-22/h5-6,8-9,14-15,27H,2,7,10-13,16H2,1,3-4H3/b8-5-,17-9+. The van der Waals surface area contributed by atoms with E-state index >= 15 is 0 Å². The Balaban J connectivity index is 2.49. The van der Waals surface area contributed by atoms with Gasteiger partial charge in [-0.25, -0.2) is 4.79 Å². The predicted molar refractivity (Wildman–Crippen MR) is 111 cm³/mol. The lowest BCUT2D eigenvalue weighted by molar-refractivity contribution is -0.0298. The molecule has 1 fully saturated rings. The van der Waals surface area contributed by atoms with Crippen molar-refractivity contribution in [2.45, 2.75) is 38.8 Å². The summed E-state index contributed by atoms with van der Waals surface area (Å²) in [7, 11) is 2.01. The van der Waals surface area contributed by atoms with Crippen LogP contribution >= 0.6 is 0 Å². The maximum Gasteiger partial charge on any atom is 0.340 e. The number of likely N-dealkylation sites (tertiary alicyclic amines) is 1. The van der Waals surface area contributed by atoms with E-state index in [1.54, 1.807) is 19.1 Å². The van der Waals surface area contributed by atoms with E-state index in [9.17, 15) is 14.7 Å². The van der Waals surface area contributed by atoms with Crippen molar-refractivity contribution < 1.29 is 14.6 Å². The Bertz CT molecular complexity index is 827. The van der Waals surface area contributed by atoms with Gasteiger partial charge in [-0.1, -0.05) is 30.9 Å². The number of rotatable bonds is 7. The maximum atomic E-state index is 12.8. The Morgan fingerprint density at radius 1 is 1.36 bits per heavy atom. The molecular formula is C22H30N2O4. The van der Waals surface area contributed by atoms with Gasteiger partial charge in [0.05, 0.1) is 24.3 Å². The molecule has 0 unspecified atom stereocenters. The molecule has 28 heavy (non-hydrogen) atoms. The number of hydrogen-bond acceptors (Lipinski definition) is 5. The number of aromatic nitrogens is 1. The SMILES string of the molecule is C=C/C(=C\C=C/C)c1cc(=O)n(CC2(O)CCN(C)CC2)cc1C(=O)OCC. The number of hydrogen-bond donors (Lipinski definition) is 1. The van der Waals surface area contributed by atoms with Crippen LogP contribution in [0.15, 0.2) is 47.9 Å². The van der Waals surface area contributed by atoms with Gasteiger partial charge in [-0.2, -0.15) is 0 Å². The van der Waals surface area contributed by atoms with Crippen molar-refractivity contribution in [3.05, 3.63) is 64.6 Å². The highest BCUT2D eigenvalue weighted by Gasteiger charge is 2.32. The molecule has 0 radical (unpaired) electrons. The summed E-state index contributed by atoms with van der Waals surface area (Å²) in [5.74, 6) is -0.505. The zero-order valence-corrected chi connectivity index (χ0v) is 17.0. The fraction of sp³-hybridized carbons (Fsp3) is 0.455. The van der Waals surface area contributed by atoms with Crippen LogP contribution in [0, 0.1) is 0 Å². The van der Waals surface area contributed by atoms with Crippen LogP contribution in [0.3, 0.4) is 0 Å². The highest BCUT2D eigenvalue weighted by atomic mass is 16.5. The number of carbonyl (C=O) groups is 1. The minimum atomic E-state index is -0.966. The Morgan fingerprint density at radius 2 is 2.04 bits per heavy atom. The molecule has 6 nitrogen and oxygen atoms in total. The van der Waals surface area contributed by atoms with Gasteiger partial charge >= 0.3 is 5.97 Å². The topological polar surface area (TPSA) is 71.8 Å². The number of allylic oxidation sites excluding steroid dienone is 5. The molecule has 1 N–H and O–H groups in total. The Kier molecular flexibility index (Phi) is 7.54. The second kappa shape index (κ2) is 9.66. The molecule has 0 bridgehead atoms. The first kappa shape index (κ1) is 21.9. The first-order chi connectivity index (χ1) is 13.3. The lowest BCUT2D eigenvalue weighted by Gasteiger charge is -2.36. The molecule has 1 aromatic heterocycles. The molecule has 6 heteroatoms. The van der Waals surface area contributed by atoms with Gasteiger partial charge < -0.3 is 19.3 Å². The molecule has 0 atom stereocenters. The number of nitrogens with zero attached hydrogens (tertiary/aromatic N) is 2. The van der Waals surface area contributed by atoms with E-state index in [0.717, 1.165) is 13.1 Å². The molecule has 1 aliphatic heterocycles. The summed E-state index contributed by atoms with van der Waals surface area (Å²) < 4.78 is 6.60. The van der Waals surface area contributed by atoms with Crippen molar-refractivity contribution in [2.75, 3.05) is 26.7 Å². The van der Waals surface area contributed by atoms with Gasteiger partial charge in [-0.05, 0) is 39.3 Å². The van der Waals surface area contributed by atoms with Gasteiger partial charge in [0.1, 0.15) is 0 Å². The van der Waals surface area contributed by atoms with Crippen LogP contribution in [0.25, 0.3) is 5.57 Å². The highest BCUT2D eigenvalue weighted by Crippen LogP contribution is 2.25. The van der Waals surface area contributed by atoms with Gasteiger partial charge in [0.25, 0.3) is 5.56 Å². The summed E-state index contributed by atoms with van der Waals surface area (Å²) in [6, 6.07) is 1.42. The van der Waals surface area contributed by atoms with Crippen molar-refractivity contribution in [3.8, 4) is 0 Å². The third-order valence-electron chi connectivity index (χ3n) is 5.00. The molecule has 2 rings (SSSR count). The van der Waals surface area contributed by atoms with Crippen molar-refractivity contribution in [3.63, 3.8) is 0 Å². The van der Waals surface area contributed by atoms with Crippen LogP contribution in [0.2, 0.25) is 0 Å². The summed E-state index contributed by atoms with van der Waals surface area (Å²) in [5.41, 5.74) is 0.176. The van der Waals surface area contributed by atoms with Crippen molar-refractivity contribution >= 4 is 11.5 Å². The molecule has 1 aromatic rings. The molecule has 0 saturated carbocycles. The minimum absolute atomic E-state index is 0.147. The first-order valence-electron chi connectivity index (χ1n) is 9.62. The summed E-state index contributed by atoms with van der Waals surface area (Å²) in [6.45, 7) is 9.31. The van der Waals surface area contributed by atoms with Crippen LogP contribution in [0.1, 0.15) is 42.6 Å². The number of piperidine rings is 1. The Morgan fingerprint density at radius 3 is 2.61 bits per heavy atom. The molecule has 1 saturated heterocycles. The fourth-order valence-corrected chi connectivity index (χ4v) is 3.28. The number of aliphatic hydroxyl groups is 1. The van der Waals surface area contributed by atoms with Gasteiger partial charge in [0.2, 0.25) is 0 Å². The molecule has 0 aliphatic carbocycles. The highest BCUT2D eigenvalue weighted by molar-refractivity contribution is 5.96. The lowest BCUT2D eigenvalue weighted by atomic mass is 9.91. The van der Waals surface area contributed by atoms with Gasteiger partial charge in [0, 0.05) is 30.9 Å². The molecule has 0 aromatic carbocycles. The monoisotopic (exact) mass is 386 g/mol. The van der Waals surface area contributed by atoms with Crippen LogP contribution in [0.4, 0.5) is 0 Å². The number of pyridine rings is 1. The molecule has 1 aliphatic rings. The minimum Gasteiger partial charge on any atom is -0.462 e. The third-order valence-corrected chi connectivity index (χ3v) is 5.00. The fourth-order valence-electron chi connectivity index (χ4n) is 3.28. The maximum absolute atomic E-state index is 12.8. The number of ether oxygens (including phenoxy) is 1. The number of carbonyl (C=O) groups excluding carboxylic acids is 1. The zero-order valence-electron chi connectivity index (χ0n) is 17.0. The smallest absolute Gasteiger partial charge is 0.340 e. The summed E-state index contributed by atoms with van der Waals surface area (Å²) in [6.07, 6.45) is 9.71. The molecule has 2 heterocycles. The quantitative estimate of drug-likeness (QED) is 0.576. The van der Waals surface area contributed by atoms with Crippen molar-refractivity contribution in [1.29, 1.82) is 0 Å². The zero-order chi connectivity index (χ0) is 20.7. The molecule has 152 valence electrons. The summed E-state index contributed by atoms with van der Waals surface area (Å²) >= 11 is 0. The van der Waals surface area contributed by atoms with Crippen LogP contribution in [-0.4, -0.2) is 52.9 Å². The average Bonchev–Trinajstić information content (AvgIpc) is 2.67. The van der Waals surface area contributed by atoms with Gasteiger partial charge in [0.15, 0.2) is 0 Å². The van der Waals surface area contributed by atoms with E-state index in [0.29, 0.717) is 24.0 Å². The van der Waals surface area contributed by atoms with Gasteiger partial charge in [-0.15, -0.1) is 0 Å². The van der Waals surface area contributed by atoms with Gasteiger partial charge in [-0.3, -0.25) is 4.79 Å². The van der Waals surface area contributed by atoms with Crippen LogP contribution in [0.5, 0.6) is 0 Å². The average molecular weight is 386 g/mol. The van der Waals surface area contributed by atoms with E-state index < -0.39 is 11.6 Å². The molecular weight excluding hydrogens is 356 g/mol. The van der Waals surface area contributed by atoms with Crippen LogP contribution in [-0.2, 0) is 11.3 Å². The second-order valence-electron chi connectivity index (χ2n) is 7.17. The van der Waals surface area contributed by atoms with Crippen molar-refractivity contribution in [2.24, 2.45) is 0 Å². The van der Waals surface area contributed by atoms with E-state index in [1.807, 2.05) is 26.1 Å². The van der Waals surface area contributed by atoms with E-state index in [2.05, 4.69) is 11.5 Å². The largest absolute Gasteiger partial charge is 0.462 e. The van der Waals surface area contributed by atoms with Crippen LogP contribution < -0.4 is 5.56 Å². The van der Waals surface area contributed by atoms with E-state index in [-0.39, 0.29) is 24.3 Å². The second-order valence-corrected chi connectivity index (χ2v) is 7.17. The number of esters is 1. The molecule has 0 amide bonds. The van der Waals surface area contributed by atoms with E-state index in [4.69, 9.17) is 4.74 Å². The van der Waals surface area contributed by atoms with Crippen molar-refractivity contribution in [1.82, 2.24) is 9.47 Å². The van der Waals surface area contributed by atoms with E-state index in [1.165, 1.54) is 16.8 Å². The summed E-state index contributed by atoms with van der Waals surface area (Å²) in [4.78, 5) is 27.5. The normalized spacial score (nSPS) is 17.6. The Hall–Kier alpha value is -2.44. The molecule has 0 spiro atoms.